The van der Waals surface area contributed by atoms with Gasteiger partial charge in [-0.1, -0.05) is 24.3 Å². The van der Waals surface area contributed by atoms with Crippen molar-refractivity contribution in [3.63, 3.8) is 0 Å². The van der Waals surface area contributed by atoms with E-state index in [0.717, 1.165) is 17.5 Å². The summed E-state index contributed by atoms with van der Waals surface area (Å²) in [6.07, 6.45) is 5.48. The van der Waals surface area contributed by atoms with Crippen molar-refractivity contribution in [2.75, 3.05) is 4.90 Å². The normalized spacial score (nSPS) is 32.1. The number of esters is 1. The number of benzene rings is 2. The fraction of sp³-hybridized carbons (Fsp3) is 0.346. The maximum absolute atomic E-state index is 13.2. The predicted octanol–water partition coefficient (Wildman–Crippen LogP) is 4.08. The van der Waals surface area contributed by atoms with E-state index in [1.807, 2.05) is 26.0 Å². The zero-order valence-corrected chi connectivity index (χ0v) is 17.4. The number of amides is 2. The van der Waals surface area contributed by atoms with Crippen LogP contribution in [-0.2, 0) is 9.59 Å². The number of aryl methyl sites for hydroxylation is 1. The minimum atomic E-state index is -0.463. The summed E-state index contributed by atoms with van der Waals surface area (Å²) in [5.74, 6) is 1.00. The van der Waals surface area contributed by atoms with Crippen molar-refractivity contribution in [1.82, 2.24) is 0 Å². The average Bonchev–Trinajstić information content (AvgIpc) is 3.55. The highest BCUT2D eigenvalue weighted by Gasteiger charge is 2.67. The predicted molar refractivity (Wildman–Crippen MR) is 115 cm³/mol. The second kappa shape index (κ2) is 6.39. The zero-order chi connectivity index (χ0) is 21.4. The molecule has 6 atom stereocenters. The van der Waals surface area contributed by atoms with Crippen LogP contribution in [-0.4, -0.2) is 17.8 Å². The molecule has 2 bridgehead atoms. The summed E-state index contributed by atoms with van der Waals surface area (Å²) in [6.45, 7) is 3.88. The van der Waals surface area contributed by atoms with Crippen LogP contribution in [0.3, 0.4) is 0 Å². The molecule has 2 aromatic carbocycles. The fourth-order valence-corrected chi connectivity index (χ4v) is 5.95. The summed E-state index contributed by atoms with van der Waals surface area (Å²) in [6, 6.07) is 12.2. The Morgan fingerprint density at radius 1 is 0.903 bits per heavy atom. The second-order valence-electron chi connectivity index (χ2n) is 9.30. The van der Waals surface area contributed by atoms with Crippen LogP contribution in [0.25, 0.3) is 0 Å². The molecular weight excluding hydrogens is 390 g/mol. The molecule has 1 heterocycles. The lowest BCUT2D eigenvalue weighted by Gasteiger charge is -2.37. The molecule has 5 nitrogen and oxygen atoms in total. The maximum Gasteiger partial charge on any atom is 0.343 e. The number of hydrogen-bond donors (Lipinski definition) is 0. The smallest absolute Gasteiger partial charge is 0.343 e. The van der Waals surface area contributed by atoms with Crippen molar-refractivity contribution in [3.05, 3.63) is 71.3 Å². The first-order valence-corrected chi connectivity index (χ1v) is 10.9. The topological polar surface area (TPSA) is 63.7 Å². The molecule has 7 rings (SSSR count). The maximum atomic E-state index is 13.2. The third-order valence-electron chi connectivity index (χ3n) is 7.78. The molecule has 0 aromatic heterocycles. The molecule has 2 aromatic rings. The van der Waals surface area contributed by atoms with Crippen molar-refractivity contribution in [2.24, 2.45) is 35.5 Å². The second-order valence-corrected chi connectivity index (χ2v) is 9.30. The van der Waals surface area contributed by atoms with Gasteiger partial charge in [0, 0.05) is 0 Å². The monoisotopic (exact) mass is 413 g/mol. The van der Waals surface area contributed by atoms with Gasteiger partial charge in [0.2, 0.25) is 11.8 Å². The number of carbonyl (C=O) groups excluding carboxylic acids is 3. The number of nitrogens with zero attached hydrogens (tertiary/aromatic N) is 1. The molecule has 5 heteroatoms. The van der Waals surface area contributed by atoms with Gasteiger partial charge in [-0.2, -0.15) is 0 Å². The quantitative estimate of drug-likeness (QED) is 0.329. The lowest BCUT2D eigenvalue weighted by molar-refractivity contribution is -0.124. The van der Waals surface area contributed by atoms with E-state index in [2.05, 4.69) is 12.2 Å². The summed E-state index contributed by atoms with van der Waals surface area (Å²) < 4.78 is 5.56. The number of rotatable bonds is 3. The van der Waals surface area contributed by atoms with E-state index >= 15 is 0 Å². The summed E-state index contributed by atoms with van der Waals surface area (Å²) in [5, 5.41) is 0. The Morgan fingerprint density at radius 3 is 2.13 bits per heavy atom. The fourth-order valence-electron chi connectivity index (χ4n) is 5.95. The van der Waals surface area contributed by atoms with Gasteiger partial charge in [-0.25, -0.2) is 4.79 Å². The summed E-state index contributed by atoms with van der Waals surface area (Å²) in [4.78, 5) is 40.4. The van der Waals surface area contributed by atoms with Gasteiger partial charge in [0.05, 0.1) is 23.1 Å². The third kappa shape index (κ3) is 2.59. The number of allylic oxidation sites excluding steroid dienone is 2. The SMILES string of the molecule is Cc1cccc(OC(=O)c2ccc(N3C(=O)[C@@H]4[C@H]5C=C[C@H]([C@H]6C[C@H]56)[C@@H]4C3=O)cc2)c1C. The molecule has 3 fully saturated rings. The van der Waals surface area contributed by atoms with Crippen molar-refractivity contribution >= 4 is 23.5 Å². The first kappa shape index (κ1) is 18.6. The molecule has 0 N–H and O–H groups in total. The van der Waals surface area contributed by atoms with Gasteiger partial charge in [0.15, 0.2) is 0 Å². The van der Waals surface area contributed by atoms with Crippen molar-refractivity contribution in [2.45, 2.75) is 20.3 Å². The van der Waals surface area contributed by atoms with Crippen LogP contribution < -0.4 is 9.64 Å². The number of carbonyl (C=O) groups is 3. The van der Waals surface area contributed by atoms with E-state index in [4.69, 9.17) is 4.74 Å². The molecule has 0 unspecified atom stereocenters. The van der Waals surface area contributed by atoms with E-state index in [-0.39, 0.29) is 35.5 Å². The summed E-state index contributed by atoms with van der Waals surface area (Å²) in [7, 11) is 0. The van der Waals surface area contributed by atoms with Gasteiger partial charge in [0.1, 0.15) is 5.75 Å². The van der Waals surface area contributed by atoms with E-state index in [9.17, 15) is 14.4 Å². The van der Waals surface area contributed by atoms with Crippen LogP contribution in [0.2, 0.25) is 0 Å². The molecule has 2 amide bonds. The molecule has 1 saturated heterocycles. The van der Waals surface area contributed by atoms with Gasteiger partial charge < -0.3 is 4.74 Å². The highest BCUT2D eigenvalue weighted by Crippen LogP contribution is 2.65. The van der Waals surface area contributed by atoms with E-state index in [1.165, 1.54) is 4.90 Å². The van der Waals surface area contributed by atoms with Crippen molar-refractivity contribution in [3.8, 4) is 5.75 Å². The Kier molecular flexibility index (Phi) is 3.83. The van der Waals surface area contributed by atoms with Gasteiger partial charge in [-0.3, -0.25) is 14.5 Å². The molecular formula is C26H23NO4. The first-order chi connectivity index (χ1) is 15.0. The third-order valence-corrected chi connectivity index (χ3v) is 7.78. The van der Waals surface area contributed by atoms with Crippen molar-refractivity contribution < 1.29 is 19.1 Å². The lowest BCUT2D eigenvalue weighted by Crippen LogP contribution is -2.40. The van der Waals surface area contributed by atoms with Gasteiger partial charge in [-0.15, -0.1) is 0 Å². The van der Waals surface area contributed by atoms with Gasteiger partial charge in [-0.05, 0) is 85.4 Å². The van der Waals surface area contributed by atoms with Crippen LogP contribution in [0.15, 0.2) is 54.6 Å². The van der Waals surface area contributed by atoms with Gasteiger partial charge >= 0.3 is 5.97 Å². The summed E-state index contributed by atoms with van der Waals surface area (Å²) in [5.41, 5.74) is 2.88. The van der Waals surface area contributed by atoms with Crippen LogP contribution in [0.1, 0.15) is 27.9 Å². The van der Waals surface area contributed by atoms with E-state index < -0.39 is 5.97 Å². The Hall–Kier alpha value is -3.21. The first-order valence-electron chi connectivity index (χ1n) is 10.9. The largest absolute Gasteiger partial charge is 0.423 e. The Labute approximate surface area is 180 Å². The molecule has 1 aliphatic heterocycles. The van der Waals surface area contributed by atoms with Crippen LogP contribution in [0, 0.1) is 49.4 Å². The van der Waals surface area contributed by atoms with Crippen molar-refractivity contribution in [1.29, 1.82) is 0 Å². The minimum Gasteiger partial charge on any atom is -0.423 e. The summed E-state index contributed by atoms with van der Waals surface area (Å²) >= 11 is 0. The molecule has 4 aliphatic carbocycles. The van der Waals surface area contributed by atoms with Crippen LogP contribution >= 0.6 is 0 Å². The Bertz CT molecular complexity index is 1130. The molecule has 31 heavy (non-hydrogen) atoms. The van der Waals surface area contributed by atoms with Gasteiger partial charge in [0.25, 0.3) is 0 Å². The standard InChI is InChI=1S/C26H23NO4/c1-13-4-3-5-21(14(13)2)31-26(30)15-6-8-16(9-7-15)27-24(28)22-17-10-11-18(20-12-19(17)20)23(22)25(27)29/h3-11,17-20,22-23H,12H2,1-2H3/t17-,18+,19-,20-,22+,23-/m1/s1. The molecule has 5 aliphatic rings. The van der Waals surface area contributed by atoms with Crippen LogP contribution in [0.5, 0.6) is 5.75 Å². The molecule has 0 radical (unpaired) electrons. The highest BCUT2D eigenvalue weighted by atomic mass is 16.5. The zero-order valence-electron chi connectivity index (χ0n) is 17.4. The highest BCUT2D eigenvalue weighted by molar-refractivity contribution is 6.22. The average molecular weight is 413 g/mol. The number of imide groups is 1. The number of anilines is 1. The van der Waals surface area contributed by atoms with E-state index in [1.54, 1.807) is 30.3 Å². The minimum absolute atomic E-state index is 0.0922. The van der Waals surface area contributed by atoms with E-state index in [0.29, 0.717) is 28.8 Å². The number of ether oxygens (including phenoxy) is 1. The van der Waals surface area contributed by atoms with Crippen LogP contribution in [0.4, 0.5) is 5.69 Å². The molecule has 0 spiro atoms. The molecule has 156 valence electrons. The Balaban J connectivity index is 1.24. The lowest BCUT2D eigenvalue weighted by atomic mass is 9.63. The Morgan fingerprint density at radius 2 is 1.52 bits per heavy atom. The molecule has 2 saturated carbocycles. The number of hydrogen-bond acceptors (Lipinski definition) is 4.